The highest BCUT2D eigenvalue weighted by Crippen LogP contribution is 2.23. The van der Waals surface area contributed by atoms with Crippen LogP contribution >= 0.6 is 0 Å². The van der Waals surface area contributed by atoms with Crippen molar-refractivity contribution in [1.29, 1.82) is 0 Å². The zero-order valence-electron chi connectivity index (χ0n) is 18.1. The Hall–Kier alpha value is -4.53. The molecule has 0 unspecified atom stereocenters. The number of ether oxygens (including phenoxy) is 1. The molecule has 0 aliphatic carbocycles. The fourth-order valence-corrected chi connectivity index (χ4v) is 3.25. The zero-order chi connectivity index (χ0) is 23.4. The van der Waals surface area contributed by atoms with Crippen LogP contribution in [-0.4, -0.2) is 32.4 Å². The van der Waals surface area contributed by atoms with Crippen LogP contribution in [0.1, 0.15) is 18.1 Å². The average Bonchev–Trinajstić information content (AvgIpc) is 3.21. The fourth-order valence-electron chi connectivity index (χ4n) is 3.25. The predicted molar refractivity (Wildman–Crippen MR) is 126 cm³/mol. The molecule has 3 aromatic carbocycles. The van der Waals surface area contributed by atoms with E-state index >= 15 is 0 Å². The second kappa shape index (κ2) is 9.31. The molecule has 166 valence electrons. The third-order valence-electron chi connectivity index (χ3n) is 4.87. The first-order valence-corrected chi connectivity index (χ1v) is 10.3. The highest BCUT2D eigenvalue weighted by atomic mass is 16.6. The number of rotatable bonds is 7. The van der Waals surface area contributed by atoms with Crippen LogP contribution in [0.4, 0.5) is 11.4 Å². The number of nitro benzene ring substituents is 1. The highest BCUT2D eigenvalue weighted by molar-refractivity contribution is 6.03. The van der Waals surface area contributed by atoms with Crippen LogP contribution in [0, 0.1) is 17.0 Å². The molecule has 0 saturated heterocycles. The van der Waals surface area contributed by atoms with Crippen LogP contribution in [-0.2, 0) is 4.79 Å². The molecule has 0 aliphatic heterocycles. The fraction of sp³-hybridized carbons (Fsp3) is 0.125. The van der Waals surface area contributed by atoms with Gasteiger partial charge in [-0.1, -0.05) is 12.1 Å². The minimum atomic E-state index is -0.476. The van der Waals surface area contributed by atoms with E-state index in [9.17, 15) is 14.9 Å². The number of fused-ring (bicyclic) bond motifs is 1. The van der Waals surface area contributed by atoms with Crippen molar-refractivity contribution in [3.8, 4) is 11.4 Å². The number of non-ortho nitro benzene ring substituents is 1. The number of aromatic nitrogens is 3. The van der Waals surface area contributed by atoms with Gasteiger partial charge in [0.2, 0.25) is 5.91 Å². The summed E-state index contributed by atoms with van der Waals surface area (Å²) in [6.07, 6.45) is 2.86. The molecule has 1 amide bonds. The van der Waals surface area contributed by atoms with Gasteiger partial charge < -0.3 is 10.1 Å². The second-order valence-corrected chi connectivity index (χ2v) is 7.25. The molecular formula is C24H21N5O4. The van der Waals surface area contributed by atoms with Crippen LogP contribution in [0.25, 0.3) is 22.8 Å². The molecule has 0 saturated carbocycles. The predicted octanol–water partition coefficient (Wildman–Crippen LogP) is 4.69. The molecule has 33 heavy (non-hydrogen) atoms. The van der Waals surface area contributed by atoms with Gasteiger partial charge in [-0.05, 0) is 67.4 Å². The maximum absolute atomic E-state index is 12.4. The number of nitro groups is 1. The van der Waals surface area contributed by atoms with Gasteiger partial charge >= 0.3 is 0 Å². The first kappa shape index (κ1) is 21.7. The third-order valence-corrected chi connectivity index (χ3v) is 4.87. The molecule has 0 fully saturated rings. The molecule has 0 aliphatic rings. The first-order valence-electron chi connectivity index (χ1n) is 10.3. The zero-order valence-corrected chi connectivity index (χ0v) is 18.1. The van der Waals surface area contributed by atoms with E-state index in [2.05, 4.69) is 15.5 Å². The lowest BCUT2D eigenvalue weighted by Gasteiger charge is -2.05. The van der Waals surface area contributed by atoms with E-state index in [0.717, 1.165) is 17.0 Å². The normalized spacial score (nSPS) is 11.1. The maximum Gasteiger partial charge on any atom is 0.270 e. The molecule has 0 spiro atoms. The summed E-state index contributed by atoms with van der Waals surface area (Å²) in [4.78, 5) is 24.4. The molecule has 1 heterocycles. The number of hydrogen-bond donors (Lipinski definition) is 1. The van der Waals surface area contributed by atoms with E-state index in [1.807, 2.05) is 44.2 Å². The average molecular weight is 443 g/mol. The molecule has 9 nitrogen and oxygen atoms in total. The van der Waals surface area contributed by atoms with Crippen LogP contribution in [0.3, 0.4) is 0 Å². The van der Waals surface area contributed by atoms with Crippen LogP contribution in [0.5, 0.6) is 5.75 Å². The van der Waals surface area contributed by atoms with Crippen molar-refractivity contribution >= 4 is 34.4 Å². The Bertz CT molecular complexity index is 1360. The summed E-state index contributed by atoms with van der Waals surface area (Å²) in [5, 5.41) is 22.8. The molecule has 9 heteroatoms. The Morgan fingerprint density at radius 1 is 1.12 bits per heavy atom. The maximum atomic E-state index is 12.4. The summed E-state index contributed by atoms with van der Waals surface area (Å²) in [5.74, 6) is 0.417. The monoisotopic (exact) mass is 443 g/mol. The standard InChI is InChI=1S/C24H21N5O4/c1-3-33-20-10-8-18(9-11-20)28-26-22-13-16(2)21(15-23(22)27-28)25-24(30)12-7-17-5-4-6-19(14-17)29(31)32/h4-15H,3H2,1-2H3,(H,25,30). The summed E-state index contributed by atoms with van der Waals surface area (Å²) in [5.41, 5.74) is 4.09. The van der Waals surface area contributed by atoms with E-state index in [4.69, 9.17) is 4.74 Å². The minimum absolute atomic E-state index is 0.0329. The Labute approximate surface area is 189 Å². The van der Waals surface area contributed by atoms with Crippen LogP contribution in [0.2, 0.25) is 0 Å². The van der Waals surface area contributed by atoms with Gasteiger partial charge in [-0.15, -0.1) is 10.2 Å². The summed E-state index contributed by atoms with van der Waals surface area (Å²) < 4.78 is 5.46. The van der Waals surface area contributed by atoms with Crippen molar-refractivity contribution in [2.45, 2.75) is 13.8 Å². The number of nitrogens with zero attached hydrogens (tertiary/aromatic N) is 4. The van der Waals surface area contributed by atoms with Gasteiger partial charge in [0.05, 0.1) is 17.2 Å². The van der Waals surface area contributed by atoms with Crippen molar-refractivity contribution in [3.63, 3.8) is 0 Å². The van der Waals surface area contributed by atoms with E-state index in [1.165, 1.54) is 29.1 Å². The van der Waals surface area contributed by atoms with Gasteiger partial charge in [-0.2, -0.15) is 4.80 Å². The molecule has 4 aromatic rings. The van der Waals surface area contributed by atoms with Gasteiger partial charge in [0.15, 0.2) is 0 Å². The third kappa shape index (κ3) is 5.04. The quantitative estimate of drug-likeness (QED) is 0.252. The van der Waals surface area contributed by atoms with E-state index < -0.39 is 4.92 Å². The highest BCUT2D eigenvalue weighted by Gasteiger charge is 2.10. The molecule has 1 N–H and O–H groups in total. The molecule has 1 aromatic heterocycles. The Kier molecular flexibility index (Phi) is 6.12. The summed E-state index contributed by atoms with van der Waals surface area (Å²) in [6.45, 7) is 4.39. The van der Waals surface area contributed by atoms with Crippen molar-refractivity contribution < 1.29 is 14.5 Å². The van der Waals surface area contributed by atoms with Gasteiger partial charge in [-0.25, -0.2) is 0 Å². The number of benzene rings is 3. The lowest BCUT2D eigenvalue weighted by atomic mass is 10.1. The van der Waals surface area contributed by atoms with Gasteiger partial charge in [0, 0.05) is 23.9 Å². The van der Waals surface area contributed by atoms with Gasteiger partial charge in [0.25, 0.3) is 5.69 Å². The number of aryl methyl sites for hydroxylation is 1. The van der Waals surface area contributed by atoms with Crippen molar-refractivity contribution in [3.05, 3.63) is 88.0 Å². The van der Waals surface area contributed by atoms with Crippen molar-refractivity contribution in [2.75, 3.05) is 11.9 Å². The number of carbonyl (C=O) groups is 1. The molecular weight excluding hydrogens is 422 g/mol. The van der Waals surface area contributed by atoms with E-state index in [0.29, 0.717) is 28.9 Å². The van der Waals surface area contributed by atoms with Gasteiger partial charge in [0.1, 0.15) is 16.8 Å². The van der Waals surface area contributed by atoms with E-state index in [1.54, 1.807) is 18.2 Å². The molecule has 4 rings (SSSR count). The lowest BCUT2D eigenvalue weighted by Crippen LogP contribution is -2.08. The van der Waals surface area contributed by atoms with E-state index in [-0.39, 0.29) is 11.6 Å². The largest absolute Gasteiger partial charge is 0.494 e. The minimum Gasteiger partial charge on any atom is -0.494 e. The number of carbonyl (C=O) groups excluding carboxylic acids is 1. The van der Waals surface area contributed by atoms with Crippen molar-refractivity contribution in [1.82, 2.24) is 15.0 Å². The number of amides is 1. The Balaban J connectivity index is 1.52. The lowest BCUT2D eigenvalue weighted by molar-refractivity contribution is -0.384. The first-order chi connectivity index (χ1) is 15.9. The SMILES string of the molecule is CCOc1ccc(-n2nc3cc(C)c(NC(=O)C=Cc4cccc([N+](=O)[O-])c4)cc3n2)cc1. The number of anilines is 1. The smallest absolute Gasteiger partial charge is 0.270 e. The molecule has 0 bridgehead atoms. The summed E-state index contributed by atoms with van der Waals surface area (Å²) in [7, 11) is 0. The number of nitrogens with one attached hydrogen (secondary N) is 1. The molecule has 0 atom stereocenters. The topological polar surface area (TPSA) is 112 Å². The van der Waals surface area contributed by atoms with Gasteiger partial charge in [-0.3, -0.25) is 14.9 Å². The summed E-state index contributed by atoms with van der Waals surface area (Å²) >= 11 is 0. The molecule has 0 radical (unpaired) electrons. The van der Waals surface area contributed by atoms with Crippen LogP contribution < -0.4 is 10.1 Å². The van der Waals surface area contributed by atoms with Crippen molar-refractivity contribution in [2.24, 2.45) is 0 Å². The second-order valence-electron chi connectivity index (χ2n) is 7.25. The Morgan fingerprint density at radius 3 is 2.55 bits per heavy atom. The van der Waals surface area contributed by atoms with Crippen LogP contribution in [0.15, 0.2) is 66.7 Å². The Morgan fingerprint density at radius 2 is 1.85 bits per heavy atom. The number of hydrogen-bond acceptors (Lipinski definition) is 6. The summed E-state index contributed by atoms with van der Waals surface area (Å²) in [6, 6.07) is 17.1.